The molecule has 1 aromatic carbocycles. The lowest BCUT2D eigenvalue weighted by Crippen LogP contribution is -2.41. The Labute approximate surface area is 125 Å². The molecular formula is C16H23NO4. The van der Waals surface area contributed by atoms with Gasteiger partial charge in [-0.25, -0.2) is 0 Å². The summed E-state index contributed by atoms with van der Waals surface area (Å²) in [7, 11) is 1.60. The van der Waals surface area contributed by atoms with E-state index < -0.39 is 11.9 Å². The Kier molecular flexibility index (Phi) is 6.37. The molecule has 0 heterocycles. The van der Waals surface area contributed by atoms with E-state index in [1.807, 2.05) is 29.2 Å². The lowest BCUT2D eigenvalue weighted by molar-refractivity contribution is -0.142. The Morgan fingerprint density at radius 3 is 2.24 bits per heavy atom. The lowest BCUT2D eigenvalue weighted by Gasteiger charge is -2.29. The maximum absolute atomic E-state index is 11.6. The van der Waals surface area contributed by atoms with E-state index in [1.165, 1.54) is 6.92 Å². The highest BCUT2D eigenvalue weighted by Gasteiger charge is 2.23. The van der Waals surface area contributed by atoms with Crippen LogP contribution in [0, 0.1) is 5.92 Å². The SMILES string of the molecule is COc1ccc(CN(CC(C)C(=O)O)C(C)C(C)=O)cc1. The van der Waals surface area contributed by atoms with Crippen LogP contribution in [-0.2, 0) is 16.1 Å². The summed E-state index contributed by atoms with van der Waals surface area (Å²) in [6, 6.07) is 7.24. The molecular weight excluding hydrogens is 270 g/mol. The monoisotopic (exact) mass is 293 g/mol. The molecule has 5 nitrogen and oxygen atoms in total. The van der Waals surface area contributed by atoms with Crippen LogP contribution in [0.15, 0.2) is 24.3 Å². The number of benzene rings is 1. The number of carboxylic acids is 1. The van der Waals surface area contributed by atoms with E-state index in [9.17, 15) is 9.59 Å². The molecule has 0 amide bonds. The minimum atomic E-state index is -0.856. The Morgan fingerprint density at radius 1 is 1.24 bits per heavy atom. The molecule has 1 aromatic rings. The number of carboxylic acid groups (broad SMARTS) is 1. The zero-order valence-corrected chi connectivity index (χ0v) is 13.0. The predicted molar refractivity (Wildman–Crippen MR) is 80.3 cm³/mol. The van der Waals surface area contributed by atoms with Crippen LogP contribution in [0.2, 0.25) is 0 Å². The van der Waals surface area contributed by atoms with E-state index in [1.54, 1.807) is 21.0 Å². The highest BCUT2D eigenvalue weighted by atomic mass is 16.5. The Morgan fingerprint density at radius 2 is 1.81 bits per heavy atom. The molecule has 1 rings (SSSR count). The largest absolute Gasteiger partial charge is 0.497 e. The van der Waals surface area contributed by atoms with E-state index in [0.717, 1.165) is 11.3 Å². The zero-order chi connectivity index (χ0) is 16.0. The molecule has 0 aromatic heterocycles. The van der Waals surface area contributed by atoms with Gasteiger partial charge in [0.25, 0.3) is 0 Å². The minimum absolute atomic E-state index is 0.0288. The average molecular weight is 293 g/mol. The molecule has 1 N–H and O–H groups in total. The van der Waals surface area contributed by atoms with E-state index in [0.29, 0.717) is 13.1 Å². The van der Waals surface area contributed by atoms with Gasteiger partial charge in [0.1, 0.15) is 11.5 Å². The van der Waals surface area contributed by atoms with Gasteiger partial charge in [-0.3, -0.25) is 14.5 Å². The zero-order valence-electron chi connectivity index (χ0n) is 13.0. The van der Waals surface area contributed by atoms with Crippen molar-refractivity contribution in [2.45, 2.75) is 33.4 Å². The first-order chi connectivity index (χ1) is 9.85. The highest BCUT2D eigenvalue weighted by molar-refractivity contribution is 5.81. The van der Waals surface area contributed by atoms with Crippen molar-refractivity contribution >= 4 is 11.8 Å². The number of hydrogen-bond acceptors (Lipinski definition) is 4. The molecule has 116 valence electrons. The maximum atomic E-state index is 11.6. The van der Waals surface area contributed by atoms with Crippen LogP contribution in [0.25, 0.3) is 0 Å². The van der Waals surface area contributed by atoms with Crippen molar-refractivity contribution in [1.29, 1.82) is 0 Å². The number of Topliss-reactive ketones (excluding diaryl/α,β-unsaturated/α-hetero) is 1. The summed E-state index contributed by atoms with van der Waals surface area (Å²) in [6.07, 6.45) is 0. The van der Waals surface area contributed by atoms with Gasteiger partial charge in [-0.15, -0.1) is 0 Å². The van der Waals surface area contributed by atoms with Crippen molar-refractivity contribution in [3.63, 3.8) is 0 Å². The summed E-state index contributed by atoms with van der Waals surface area (Å²) in [5, 5.41) is 9.06. The topological polar surface area (TPSA) is 66.8 Å². The maximum Gasteiger partial charge on any atom is 0.307 e. The number of methoxy groups -OCH3 is 1. The number of ketones is 1. The second-order valence-corrected chi connectivity index (χ2v) is 5.30. The van der Waals surface area contributed by atoms with Crippen molar-refractivity contribution in [2.75, 3.05) is 13.7 Å². The van der Waals surface area contributed by atoms with Gasteiger partial charge < -0.3 is 9.84 Å². The lowest BCUT2D eigenvalue weighted by atomic mass is 10.1. The standard InChI is InChI=1S/C16H23NO4/c1-11(16(19)20)9-17(12(2)13(3)18)10-14-5-7-15(21-4)8-6-14/h5-8,11-12H,9-10H2,1-4H3,(H,19,20). The van der Waals surface area contributed by atoms with Gasteiger partial charge in [-0.1, -0.05) is 19.1 Å². The first-order valence-electron chi connectivity index (χ1n) is 6.95. The third-order valence-corrected chi connectivity index (χ3v) is 3.61. The quantitative estimate of drug-likeness (QED) is 0.796. The first-order valence-corrected chi connectivity index (χ1v) is 6.95. The summed E-state index contributed by atoms with van der Waals surface area (Å²) < 4.78 is 5.11. The number of rotatable bonds is 8. The first kappa shape index (κ1) is 17.2. The fourth-order valence-corrected chi connectivity index (χ4v) is 2.01. The molecule has 2 atom stereocenters. The number of carbonyl (C=O) groups excluding carboxylic acids is 1. The minimum Gasteiger partial charge on any atom is -0.497 e. The Hall–Kier alpha value is -1.88. The van der Waals surface area contributed by atoms with Crippen LogP contribution in [0.1, 0.15) is 26.3 Å². The molecule has 0 fully saturated rings. The highest BCUT2D eigenvalue weighted by Crippen LogP contribution is 2.16. The van der Waals surface area contributed by atoms with Crippen LogP contribution in [0.4, 0.5) is 0 Å². The van der Waals surface area contributed by atoms with Gasteiger partial charge in [-0.2, -0.15) is 0 Å². The van der Waals surface area contributed by atoms with Gasteiger partial charge >= 0.3 is 5.97 Å². The number of carbonyl (C=O) groups is 2. The van der Waals surface area contributed by atoms with Gasteiger partial charge in [0, 0.05) is 13.1 Å². The fourth-order valence-electron chi connectivity index (χ4n) is 2.01. The molecule has 0 spiro atoms. The smallest absolute Gasteiger partial charge is 0.307 e. The molecule has 0 aliphatic carbocycles. The average Bonchev–Trinajstić information content (AvgIpc) is 2.46. The van der Waals surface area contributed by atoms with E-state index >= 15 is 0 Å². The van der Waals surface area contributed by atoms with Crippen LogP contribution in [0.5, 0.6) is 5.75 Å². The Bertz CT molecular complexity index is 484. The summed E-state index contributed by atoms with van der Waals surface area (Å²) in [4.78, 5) is 24.5. The molecule has 0 saturated heterocycles. The van der Waals surface area contributed by atoms with E-state index in [4.69, 9.17) is 9.84 Å². The van der Waals surface area contributed by atoms with E-state index in [-0.39, 0.29) is 11.8 Å². The van der Waals surface area contributed by atoms with E-state index in [2.05, 4.69) is 0 Å². The molecule has 0 radical (unpaired) electrons. The molecule has 0 saturated carbocycles. The van der Waals surface area contributed by atoms with Gasteiger partial charge in [0.05, 0.1) is 19.1 Å². The number of aliphatic carboxylic acids is 1. The number of hydrogen-bond donors (Lipinski definition) is 1. The van der Waals surface area contributed by atoms with Crippen molar-refractivity contribution in [1.82, 2.24) is 4.90 Å². The van der Waals surface area contributed by atoms with Gasteiger partial charge in [-0.05, 0) is 31.5 Å². The summed E-state index contributed by atoms with van der Waals surface area (Å²) >= 11 is 0. The van der Waals surface area contributed by atoms with Crippen LogP contribution < -0.4 is 4.74 Å². The summed E-state index contributed by atoms with van der Waals surface area (Å²) in [5.74, 6) is -0.583. The number of nitrogens with zero attached hydrogens (tertiary/aromatic N) is 1. The van der Waals surface area contributed by atoms with Gasteiger partial charge in [0.15, 0.2) is 0 Å². The third kappa shape index (κ3) is 5.19. The number of ether oxygens (including phenoxy) is 1. The van der Waals surface area contributed by atoms with Crippen molar-refractivity contribution in [3.8, 4) is 5.75 Å². The molecule has 0 aliphatic heterocycles. The normalized spacial score (nSPS) is 13.8. The fraction of sp³-hybridized carbons (Fsp3) is 0.500. The molecule has 0 bridgehead atoms. The van der Waals surface area contributed by atoms with Gasteiger partial charge in [0.2, 0.25) is 0 Å². The second-order valence-electron chi connectivity index (χ2n) is 5.30. The summed E-state index contributed by atoms with van der Waals surface area (Å²) in [6.45, 7) is 5.85. The second kappa shape index (κ2) is 7.78. The summed E-state index contributed by atoms with van der Waals surface area (Å²) in [5.41, 5.74) is 1.02. The molecule has 2 unspecified atom stereocenters. The Balaban J connectivity index is 2.84. The third-order valence-electron chi connectivity index (χ3n) is 3.61. The molecule has 21 heavy (non-hydrogen) atoms. The van der Waals surface area contributed by atoms with Crippen molar-refractivity contribution in [3.05, 3.63) is 29.8 Å². The van der Waals surface area contributed by atoms with Crippen LogP contribution in [0.3, 0.4) is 0 Å². The van der Waals surface area contributed by atoms with Crippen LogP contribution >= 0.6 is 0 Å². The van der Waals surface area contributed by atoms with Crippen molar-refractivity contribution < 1.29 is 19.4 Å². The van der Waals surface area contributed by atoms with Crippen molar-refractivity contribution in [2.24, 2.45) is 5.92 Å². The molecule has 0 aliphatic rings. The molecule has 5 heteroatoms. The predicted octanol–water partition coefficient (Wildman–Crippen LogP) is 2.20. The van der Waals surface area contributed by atoms with Crippen LogP contribution in [-0.4, -0.2) is 41.5 Å².